The fraction of sp³-hybridized carbons (Fsp3) is 0.378. The predicted octanol–water partition coefficient (Wildman–Crippen LogP) is 4.82. The van der Waals surface area contributed by atoms with E-state index >= 15 is 0 Å². The van der Waals surface area contributed by atoms with Crippen LogP contribution in [0.1, 0.15) is 22.3 Å². The molecule has 368 valence electrons. The molecule has 0 radical (unpaired) electrons. The monoisotopic (exact) mass is 964 g/mol. The van der Waals surface area contributed by atoms with Crippen LogP contribution in [0.25, 0.3) is 0 Å². The summed E-state index contributed by atoms with van der Waals surface area (Å²) in [4.78, 5) is 91.6. The van der Waals surface area contributed by atoms with Crippen LogP contribution in [0.15, 0.2) is 97.1 Å². The number of carbonyl (C=O) groups is 4. The van der Waals surface area contributed by atoms with Crippen molar-refractivity contribution < 1.29 is 76.8 Å². The molecule has 4 rings (SSSR count). The lowest BCUT2D eigenvalue weighted by molar-refractivity contribution is -0.385. The highest BCUT2D eigenvalue weighted by Gasteiger charge is 2.33. The molecule has 24 nitrogen and oxygen atoms in total. The second-order valence-corrected chi connectivity index (χ2v) is 15.0. The smallest absolute Gasteiger partial charge is 0.310 e. The van der Waals surface area contributed by atoms with Gasteiger partial charge >= 0.3 is 23.9 Å². The molecule has 0 aliphatic heterocycles. The topological polar surface area (TPSA) is 315 Å². The molecular formula is C45H48N4O20. The second-order valence-electron chi connectivity index (χ2n) is 15.0. The molecule has 0 saturated carbocycles. The predicted molar refractivity (Wildman–Crippen MR) is 237 cm³/mol. The number of rotatable bonds is 32. The first-order chi connectivity index (χ1) is 33.1. The van der Waals surface area contributed by atoms with Gasteiger partial charge in [-0.25, -0.2) is 0 Å². The fourth-order valence-electron chi connectivity index (χ4n) is 6.08. The quantitative estimate of drug-likeness (QED) is 0.0208. The molecule has 0 aromatic heterocycles. The van der Waals surface area contributed by atoms with Crippen molar-refractivity contribution in [1.82, 2.24) is 0 Å². The van der Waals surface area contributed by atoms with E-state index < -0.39 is 49.0 Å². The first kappa shape index (κ1) is 53.8. The zero-order valence-electron chi connectivity index (χ0n) is 37.0. The Balaban J connectivity index is 1.36. The molecule has 24 heteroatoms. The molecular weight excluding hydrogens is 917 g/mol. The Bertz CT molecular complexity index is 2010. The van der Waals surface area contributed by atoms with Gasteiger partial charge in [0.2, 0.25) is 0 Å². The zero-order chi connectivity index (χ0) is 50.0. The summed E-state index contributed by atoms with van der Waals surface area (Å²) in [6.45, 7) is -1.81. The maximum atomic E-state index is 12.5. The number of ether oxygens (including phenoxy) is 8. The maximum Gasteiger partial charge on any atom is 0.310 e. The molecule has 0 N–H and O–H groups in total. The van der Waals surface area contributed by atoms with Crippen LogP contribution >= 0.6 is 0 Å². The van der Waals surface area contributed by atoms with Gasteiger partial charge in [-0.3, -0.25) is 59.6 Å². The number of nitrogens with zero attached hydrogens (tertiary/aromatic N) is 4. The van der Waals surface area contributed by atoms with Crippen molar-refractivity contribution in [2.24, 2.45) is 5.41 Å². The lowest BCUT2D eigenvalue weighted by Crippen LogP contribution is -2.43. The van der Waals surface area contributed by atoms with Crippen LogP contribution < -0.4 is 0 Å². The summed E-state index contributed by atoms with van der Waals surface area (Å²) >= 11 is 0. The Morgan fingerprint density at radius 1 is 0.333 bits per heavy atom. The van der Waals surface area contributed by atoms with Crippen molar-refractivity contribution in [3.05, 3.63) is 160 Å². The Morgan fingerprint density at radius 2 is 0.522 bits per heavy atom. The van der Waals surface area contributed by atoms with Crippen LogP contribution in [0.3, 0.4) is 0 Å². The number of nitro groups is 4. The summed E-state index contributed by atoms with van der Waals surface area (Å²) in [5.74, 6) is -2.49. The van der Waals surface area contributed by atoms with E-state index in [-0.39, 0.29) is 128 Å². The van der Waals surface area contributed by atoms with E-state index in [2.05, 4.69) is 0 Å². The molecule has 0 heterocycles. The van der Waals surface area contributed by atoms with Gasteiger partial charge < -0.3 is 37.9 Å². The van der Waals surface area contributed by atoms with E-state index in [4.69, 9.17) is 37.9 Å². The Labute approximate surface area is 392 Å². The van der Waals surface area contributed by atoms with Crippen LogP contribution in [0.2, 0.25) is 0 Å². The number of hydrogen-bond donors (Lipinski definition) is 0. The van der Waals surface area contributed by atoms with Gasteiger partial charge in [0.25, 0.3) is 22.7 Å². The van der Waals surface area contributed by atoms with Crippen LogP contribution in [0.4, 0.5) is 22.7 Å². The largest absolute Gasteiger partial charge is 0.463 e. The molecule has 4 aromatic rings. The number of hydrogen-bond acceptors (Lipinski definition) is 20. The summed E-state index contributed by atoms with van der Waals surface area (Å²) in [6.07, 6.45) is -0.640. The summed E-state index contributed by atoms with van der Waals surface area (Å²) in [7, 11) is 0. The van der Waals surface area contributed by atoms with Gasteiger partial charge in [0.15, 0.2) is 0 Å². The highest BCUT2D eigenvalue weighted by Crippen LogP contribution is 2.22. The Kier molecular flexibility index (Phi) is 22.1. The van der Waals surface area contributed by atoms with E-state index in [1.807, 2.05) is 0 Å². The number of benzene rings is 4. The molecule has 0 spiro atoms. The number of carbonyl (C=O) groups excluding carboxylic acids is 4. The number of esters is 4. The normalized spacial score (nSPS) is 11.0. The van der Waals surface area contributed by atoms with Crippen LogP contribution in [-0.2, 0) is 82.8 Å². The molecule has 0 aliphatic rings. The zero-order valence-corrected chi connectivity index (χ0v) is 37.0. The van der Waals surface area contributed by atoms with Crippen LogP contribution in [-0.4, -0.2) is 123 Å². The molecule has 0 amide bonds. The van der Waals surface area contributed by atoms with E-state index in [0.29, 0.717) is 22.3 Å². The average molecular weight is 965 g/mol. The van der Waals surface area contributed by atoms with Crippen molar-refractivity contribution in [1.29, 1.82) is 0 Å². The number of non-ortho nitro benzene ring substituents is 4. The van der Waals surface area contributed by atoms with Crippen molar-refractivity contribution >= 4 is 46.6 Å². The van der Waals surface area contributed by atoms with E-state index in [9.17, 15) is 59.6 Å². The van der Waals surface area contributed by atoms with Crippen molar-refractivity contribution in [3.63, 3.8) is 0 Å². The highest BCUT2D eigenvalue weighted by atomic mass is 16.6. The van der Waals surface area contributed by atoms with E-state index in [0.717, 1.165) is 0 Å². The van der Waals surface area contributed by atoms with Crippen LogP contribution in [0.5, 0.6) is 0 Å². The van der Waals surface area contributed by atoms with E-state index in [1.165, 1.54) is 97.1 Å². The molecule has 0 unspecified atom stereocenters. The first-order valence-corrected chi connectivity index (χ1v) is 21.0. The average Bonchev–Trinajstić information content (AvgIpc) is 3.31. The Morgan fingerprint density at radius 3 is 0.696 bits per heavy atom. The third-order valence-corrected chi connectivity index (χ3v) is 9.58. The minimum atomic E-state index is -1.16. The van der Waals surface area contributed by atoms with Gasteiger partial charge in [0.05, 0.1) is 104 Å². The lowest BCUT2D eigenvalue weighted by Gasteiger charge is -2.33. The van der Waals surface area contributed by atoms with Gasteiger partial charge in [0.1, 0.15) is 26.4 Å². The first-order valence-electron chi connectivity index (χ1n) is 21.0. The van der Waals surface area contributed by atoms with E-state index in [1.54, 1.807) is 0 Å². The summed E-state index contributed by atoms with van der Waals surface area (Å²) in [5.41, 5.74) is 0.256. The molecule has 0 fully saturated rings. The molecule has 0 atom stereocenters. The van der Waals surface area contributed by atoms with Gasteiger partial charge in [-0.1, -0.05) is 48.5 Å². The maximum absolute atomic E-state index is 12.5. The van der Waals surface area contributed by atoms with Gasteiger partial charge in [-0.05, 0) is 22.3 Å². The van der Waals surface area contributed by atoms with Gasteiger partial charge in [-0.2, -0.15) is 0 Å². The standard InChI is InChI=1S/C45H48N4O20/c50-41(25-33-1-9-37(10-2-33)46(54)55)66-21-17-62-29-45(30-63-18-22-67-42(51)26-34-3-11-38(12-4-34)47(56)57,31-64-19-23-68-43(52)27-35-5-13-39(14-6-35)48(58)59)32-65-20-24-69-44(53)28-36-7-15-40(16-8-36)49(60)61/h1-16H,17-32H2. The SMILES string of the molecule is O=C(Cc1ccc([N+](=O)[O-])cc1)OCCOCC(COCCOC(=O)Cc1ccc([N+](=O)[O-])cc1)(COCCOC(=O)Cc1ccc([N+](=O)[O-])cc1)COCCOC(=O)Cc1ccc([N+](=O)[O-])cc1. The third-order valence-electron chi connectivity index (χ3n) is 9.58. The minimum absolute atomic E-state index is 0.117. The van der Waals surface area contributed by atoms with Crippen molar-refractivity contribution in [3.8, 4) is 0 Å². The summed E-state index contributed by atoms with van der Waals surface area (Å²) < 4.78 is 44.9. The molecule has 0 saturated heterocycles. The lowest BCUT2D eigenvalue weighted by atomic mass is 9.92. The molecule has 4 aromatic carbocycles. The van der Waals surface area contributed by atoms with Crippen molar-refractivity contribution in [2.45, 2.75) is 25.7 Å². The molecule has 0 aliphatic carbocycles. The number of nitro benzene ring substituents is 4. The molecule has 0 bridgehead atoms. The van der Waals surface area contributed by atoms with Gasteiger partial charge in [0, 0.05) is 48.5 Å². The third kappa shape index (κ3) is 20.3. The molecule has 69 heavy (non-hydrogen) atoms. The second kappa shape index (κ2) is 28.4. The Hall–Kier alpha value is -7.80. The minimum Gasteiger partial charge on any atom is -0.463 e. The summed E-state index contributed by atoms with van der Waals surface area (Å²) in [5, 5.41) is 43.8. The highest BCUT2D eigenvalue weighted by molar-refractivity contribution is 5.74. The summed E-state index contributed by atoms with van der Waals surface area (Å²) in [6, 6.07) is 21.6. The van der Waals surface area contributed by atoms with Crippen LogP contribution in [0, 0.1) is 45.9 Å². The van der Waals surface area contributed by atoms with Gasteiger partial charge in [-0.15, -0.1) is 0 Å². The fourth-order valence-corrected chi connectivity index (χ4v) is 6.08. The van der Waals surface area contributed by atoms with Crippen molar-refractivity contribution in [2.75, 3.05) is 79.3 Å².